The van der Waals surface area contributed by atoms with Crippen molar-refractivity contribution in [1.82, 2.24) is 4.90 Å². The molecule has 1 saturated heterocycles. The lowest BCUT2D eigenvalue weighted by atomic mass is 9.93. The van der Waals surface area contributed by atoms with Gasteiger partial charge in [-0.1, -0.05) is 11.6 Å². The molecule has 204 valence electrons. The zero-order valence-corrected chi connectivity index (χ0v) is 22.0. The van der Waals surface area contributed by atoms with Gasteiger partial charge >= 0.3 is 11.9 Å². The number of fused-ring (bicyclic) bond motifs is 1. The second kappa shape index (κ2) is 14.1. The van der Waals surface area contributed by atoms with Crippen LogP contribution in [-0.2, 0) is 36.8 Å². The summed E-state index contributed by atoms with van der Waals surface area (Å²) in [6.45, 7) is 7.43. The number of hydrogen-bond donors (Lipinski definition) is 1. The molecule has 0 atom stereocenters. The fraction of sp³-hybridized carbons (Fsp3) is 0.593. The highest BCUT2D eigenvalue weighted by Crippen LogP contribution is 2.41. The highest BCUT2D eigenvalue weighted by Gasteiger charge is 2.32. The molecule has 10 heteroatoms. The highest BCUT2D eigenvalue weighted by atomic mass is 19.1. The Morgan fingerprint density at radius 1 is 1.19 bits per heavy atom. The number of allylic oxidation sites excluding steroid dienone is 2. The van der Waals surface area contributed by atoms with Gasteiger partial charge < -0.3 is 24.3 Å². The number of esters is 2. The molecule has 1 aromatic carbocycles. The number of alkyl halides is 1. The van der Waals surface area contributed by atoms with E-state index in [4.69, 9.17) is 18.9 Å². The van der Waals surface area contributed by atoms with Gasteiger partial charge in [0.15, 0.2) is 6.67 Å². The first-order valence-electron chi connectivity index (χ1n) is 12.7. The third kappa shape index (κ3) is 7.75. The number of benzene rings is 1. The minimum Gasteiger partial charge on any atom is -0.496 e. The average molecular weight is 521 g/mol. The summed E-state index contributed by atoms with van der Waals surface area (Å²) in [5, 5.41) is 2.51. The molecule has 1 aromatic rings. The van der Waals surface area contributed by atoms with E-state index in [9.17, 15) is 18.8 Å². The second-order valence-electron chi connectivity index (χ2n) is 9.26. The number of nitrogens with zero attached hydrogens (tertiary/aromatic N) is 1. The number of morpholine rings is 1. The Kier molecular flexibility index (Phi) is 10.9. The van der Waals surface area contributed by atoms with Gasteiger partial charge in [-0.15, -0.1) is 0 Å². The quantitative estimate of drug-likeness (QED) is 0.240. The van der Waals surface area contributed by atoms with E-state index in [1.54, 1.807) is 0 Å². The van der Waals surface area contributed by atoms with Crippen LogP contribution in [0, 0.1) is 6.92 Å². The molecule has 2 aliphatic rings. The van der Waals surface area contributed by atoms with Gasteiger partial charge in [-0.3, -0.25) is 14.5 Å². The van der Waals surface area contributed by atoms with Crippen molar-refractivity contribution in [2.75, 3.05) is 58.6 Å². The highest BCUT2D eigenvalue weighted by molar-refractivity contribution is 6.06. The summed E-state index contributed by atoms with van der Waals surface area (Å²) >= 11 is 0. The number of ether oxygens (including phenoxy) is 4. The largest absolute Gasteiger partial charge is 0.496 e. The first-order chi connectivity index (χ1) is 17.8. The lowest BCUT2D eigenvalue weighted by molar-refractivity contribution is -0.143. The van der Waals surface area contributed by atoms with Crippen LogP contribution >= 0.6 is 0 Å². The number of nitrogens with one attached hydrogen (secondary N) is 1. The molecule has 0 aliphatic carbocycles. The van der Waals surface area contributed by atoms with E-state index in [1.807, 2.05) is 19.9 Å². The van der Waals surface area contributed by atoms with Crippen LogP contribution in [0.5, 0.6) is 5.75 Å². The van der Waals surface area contributed by atoms with Crippen LogP contribution in [0.3, 0.4) is 0 Å². The van der Waals surface area contributed by atoms with E-state index in [2.05, 4.69) is 10.2 Å². The molecule has 3 rings (SSSR count). The Labute approximate surface area is 217 Å². The molecule has 0 saturated carbocycles. The normalized spacial score (nSPS) is 15.8. The number of halogens is 1. The van der Waals surface area contributed by atoms with E-state index in [0.29, 0.717) is 36.3 Å². The van der Waals surface area contributed by atoms with Gasteiger partial charge in [-0.25, -0.2) is 9.18 Å². The predicted molar refractivity (Wildman–Crippen MR) is 136 cm³/mol. The third-order valence-corrected chi connectivity index (χ3v) is 6.68. The SMILES string of the molecule is COc1c(C)c2c(c(NC(=O)CF)c1CC=C(C)CCC(=O)OCCCCN1CCOCC1)C(=O)OC2. The number of hydrogen-bond acceptors (Lipinski definition) is 8. The molecule has 0 bridgehead atoms. The smallest absolute Gasteiger partial charge is 0.341 e. The minimum atomic E-state index is -1.22. The maximum atomic E-state index is 13.0. The minimum absolute atomic E-state index is 0.0688. The predicted octanol–water partition coefficient (Wildman–Crippen LogP) is 3.51. The van der Waals surface area contributed by atoms with Crippen LogP contribution in [0.25, 0.3) is 0 Å². The van der Waals surface area contributed by atoms with Crippen molar-refractivity contribution < 1.29 is 37.7 Å². The number of methoxy groups -OCH3 is 1. The van der Waals surface area contributed by atoms with Crippen LogP contribution in [0.15, 0.2) is 11.6 Å². The number of anilines is 1. The summed E-state index contributed by atoms with van der Waals surface area (Å²) < 4.78 is 34.5. The molecule has 1 amide bonds. The summed E-state index contributed by atoms with van der Waals surface area (Å²) in [6.07, 6.45) is 4.78. The number of carbonyl (C=O) groups is 3. The number of amides is 1. The summed E-state index contributed by atoms with van der Waals surface area (Å²) in [7, 11) is 1.50. The van der Waals surface area contributed by atoms with Crippen molar-refractivity contribution in [3.05, 3.63) is 33.9 Å². The molecule has 1 N–H and O–H groups in total. The van der Waals surface area contributed by atoms with Crippen LogP contribution in [-0.4, -0.2) is 76.0 Å². The molecule has 0 spiro atoms. The Hall–Kier alpha value is -2.98. The fourth-order valence-electron chi connectivity index (χ4n) is 4.56. The van der Waals surface area contributed by atoms with Gasteiger partial charge in [0.05, 0.1) is 38.2 Å². The third-order valence-electron chi connectivity index (χ3n) is 6.68. The van der Waals surface area contributed by atoms with Crippen LogP contribution in [0.1, 0.15) is 59.7 Å². The number of carbonyl (C=O) groups excluding carboxylic acids is 3. The number of rotatable bonds is 13. The van der Waals surface area contributed by atoms with E-state index >= 15 is 0 Å². The first kappa shape index (κ1) is 28.6. The Morgan fingerprint density at radius 2 is 1.95 bits per heavy atom. The Bertz CT molecular complexity index is 1020. The lowest BCUT2D eigenvalue weighted by Gasteiger charge is -2.26. The maximum Gasteiger partial charge on any atom is 0.341 e. The van der Waals surface area contributed by atoms with Crippen molar-refractivity contribution >= 4 is 23.5 Å². The summed E-state index contributed by atoms with van der Waals surface area (Å²) in [5.74, 6) is -1.16. The van der Waals surface area contributed by atoms with Crippen molar-refractivity contribution in [3.63, 3.8) is 0 Å². The molecular formula is C27H37FN2O7. The van der Waals surface area contributed by atoms with Crippen molar-refractivity contribution in [1.29, 1.82) is 0 Å². The molecule has 0 radical (unpaired) electrons. The zero-order chi connectivity index (χ0) is 26.8. The zero-order valence-electron chi connectivity index (χ0n) is 22.0. The lowest BCUT2D eigenvalue weighted by Crippen LogP contribution is -2.36. The molecule has 0 unspecified atom stereocenters. The maximum absolute atomic E-state index is 13.0. The van der Waals surface area contributed by atoms with Gasteiger partial charge in [-0.2, -0.15) is 0 Å². The molecule has 37 heavy (non-hydrogen) atoms. The van der Waals surface area contributed by atoms with Gasteiger partial charge in [0.2, 0.25) is 0 Å². The molecule has 9 nitrogen and oxygen atoms in total. The van der Waals surface area contributed by atoms with Crippen molar-refractivity contribution in [3.8, 4) is 5.75 Å². The van der Waals surface area contributed by atoms with Crippen LogP contribution in [0.4, 0.5) is 10.1 Å². The van der Waals surface area contributed by atoms with E-state index in [0.717, 1.165) is 56.8 Å². The molecular weight excluding hydrogens is 483 g/mol. The average Bonchev–Trinajstić information content (AvgIpc) is 3.29. The Balaban J connectivity index is 1.56. The van der Waals surface area contributed by atoms with Crippen LogP contribution in [0.2, 0.25) is 0 Å². The van der Waals surface area contributed by atoms with Gasteiger partial charge in [0, 0.05) is 30.6 Å². The Morgan fingerprint density at radius 3 is 2.65 bits per heavy atom. The molecule has 2 aliphatic heterocycles. The summed E-state index contributed by atoms with van der Waals surface area (Å²) in [6, 6.07) is 0. The molecule has 2 heterocycles. The summed E-state index contributed by atoms with van der Waals surface area (Å²) in [5.41, 5.74) is 3.30. The first-order valence-corrected chi connectivity index (χ1v) is 12.7. The van der Waals surface area contributed by atoms with E-state index in [-0.39, 0.29) is 30.2 Å². The molecule has 0 aromatic heterocycles. The van der Waals surface area contributed by atoms with E-state index < -0.39 is 18.6 Å². The van der Waals surface area contributed by atoms with Crippen LogP contribution < -0.4 is 10.1 Å². The second-order valence-corrected chi connectivity index (χ2v) is 9.26. The molecule has 1 fully saturated rings. The van der Waals surface area contributed by atoms with Crippen molar-refractivity contribution in [2.24, 2.45) is 0 Å². The summed E-state index contributed by atoms with van der Waals surface area (Å²) in [4.78, 5) is 38.8. The monoisotopic (exact) mass is 520 g/mol. The van der Waals surface area contributed by atoms with Gasteiger partial charge in [-0.05, 0) is 51.6 Å². The van der Waals surface area contributed by atoms with Crippen molar-refractivity contribution in [2.45, 2.75) is 52.6 Å². The number of cyclic esters (lactones) is 1. The van der Waals surface area contributed by atoms with E-state index in [1.165, 1.54) is 7.11 Å². The fourth-order valence-corrected chi connectivity index (χ4v) is 4.56. The van der Waals surface area contributed by atoms with Gasteiger partial charge in [0.1, 0.15) is 12.4 Å². The van der Waals surface area contributed by atoms with Gasteiger partial charge in [0.25, 0.3) is 5.91 Å². The number of unbranched alkanes of at least 4 members (excludes halogenated alkanes) is 1. The topological polar surface area (TPSA) is 103 Å². The standard InChI is InChI=1S/C27H37FN2O7/c1-18(7-9-23(32)36-13-5-4-10-30-11-14-35-15-12-30)6-8-20-25(29-22(31)16-28)24-21(17-37-27(24)33)19(2)26(20)34-3/h6H,4-5,7-17H2,1-3H3,(H,29,31).